The number of hydrogen-bond donors (Lipinski definition) is 1. The van der Waals surface area contributed by atoms with E-state index in [1.165, 1.54) is 24.3 Å². The second kappa shape index (κ2) is 7.88. The number of alkyl halides is 3. The van der Waals surface area contributed by atoms with Crippen LogP contribution in [0.1, 0.15) is 16.7 Å². The van der Waals surface area contributed by atoms with Gasteiger partial charge >= 0.3 is 6.18 Å². The van der Waals surface area contributed by atoms with Crippen molar-refractivity contribution in [2.24, 2.45) is 0 Å². The Kier molecular flexibility index (Phi) is 5.85. The molecule has 1 N–H and O–H groups in total. The smallest absolute Gasteiger partial charge is 0.378 e. The third-order valence-electron chi connectivity index (χ3n) is 3.58. The highest BCUT2D eigenvalue weighted by molar-refractivity contribution is 5.91. The van der Waals surface area contributed by atoms with Gasteiger partial charge in [0.15, 0.2) is 0 Å². The molecule has 2 aromatic rings. The lowest BCUT2D eigenvalue weighted by Gasteiger charge is -2.12. The van der Waals surface area contributed by atoms with Crippen LogP contribution in [0.15, 0.2) is 54.6 Å². The van der Waals surface area contributed by atoms with Crippen molar-refractivity contribution in [3.8, 4) is 0 Å². The number of halogens is 3. The minimum atomic E-state index is -4.36. The summed E-state index contributed by atoms with van der Waals surface area (Å²) in [5, 5.41) is 2.73. The molecule has 0 aliphatic heterocycles. The number of carbonyl (C=O) groups excluding carboxylic acids is 1. The number of anilines is 1. The minimum Gasteiger partial charge on any atom is -0.378 e. The van der Waals surface area contributed by atoms with Crippen molar-refractivity contribution in [1.82, 2.24) is 5.32 Å². The van der Waals surface area contributed by atoms with Crippen LogP contribution in [0.5, 0.6) is 0 Å². The van der Waals surface area contributed by atoms with E-state index in [0.29, 0.717) is 12.1 Å². The number of amides is 1. The molecule has 0 atom stereocenters. The molecule has 0 aliphatic carbocycles. The van der Waals surface area contributed by atoms with Crippen molar-refractivity contribution in [2.45, 2.75) is 12.7 Å². The summed E-state index contributed by atoms with van der Waals surface area (Å²) in [6, 6.07) is 12.4. The molecular formula is C19H19F3N2O. The number of nitrogens with one attached hydrogen (secondary N) is 1. The molecule has 1 amide bonds. The van der Waals surface area contributed by atoms with E-state index in [1.54, 1.807) is 0 Å². The van der Waals surface area contributed by atoms with Gasteiger partial charge in [0, 0.05) is 32.4 Å². The maximum atomic E-state index is 12.5. The summed E-state index contributed by atoms with van der Waals surface area (Å²) < 4.78 is 37.4. The third-order valence-corrected chi connectivity index (χ3v) is 3.58. The van der Waals surface area contributed by atoms with Gasteiger partial charge in [-0.05, 0) is 41.5 Å². The highest BCUT2D eigenvalue weighted by Crippen LogP contribution is 2.29. The summed E-state index contributed by atoms with van der Waals surface area (Å²) >= 11 is 0. The molecule has 0 spiro atoms. The predicted octanol–water partition coefficient (Wildman–Crippen LogP) is 4.10. The van der Waals surface area contributed by atoms with Gasteiger partial charge in [-0.2, -0.15) is 13.2 Å². The lowest BCUT2D eigenvalue weighted by atomic mass is 10.1. The molecule has 0 heterocycles. The zero-order valence-corrected chi connectivity index (χ0v) is 14.0. The van der Waals surface area contributed by atoms with E-state index in [1.807, 2.05) is 43.3 Å². The minimum absolute atomic E-state index is 0.309. The SMILES string of the molecule is CN(C)c1ccc(CNC(=O)/C=C/c2ccc(C(F)(F)F)cc2)cc1. The lowest BCUT2D eigenvalue weighted by molar-refractivity contribution is -0.137. The van der Waals surface area contributed by atoms with E-state index in [-0.39, 0.29) is 5.91 Å². The fourth-order valence-corrected chi connectivity index (χ4v) is 2.12. The first-order valence-corrected chi connectivity index (χ1v) is 7.65. The molecular weight excluding hydrogens is 329 g/mol. The molecule has 0 bridgehead atoms. The summed E-state index contributed by atoms with van der Waals surface area (Å²) in [6.45, 7) is 0.379. The third kappa shape index (κ3) is 5.67. The van der Waals surface area contributed by atoms with E-state index in [0.717, 1.165) is 23.4 Å². The molecule has 0 unspecified atom stereocenters. The molecule has 0 saturated carbocycles. The van der Waals surface area contributed by atoms with Crippen LogP contribution >= 0.6 is 0 Å². The fraction of sp³-hybridized carbons (Fsp3) is 0.211. The summed E-state index contributed by atoms with van der Waals surface area (Å²) in [5.41, 5.74) is 1.84. The highest BCUT2D eigenvalue weighted by atomic mass is 19.4. The van der Waals surface area contributed by atoms with Crippen molar-refractivity contribution in [1.29, 1.82) is 0 Å². The Bertz CT molecular complexity index is 733. The molecule has 0 aromatic heterocycles. The number of rotatable bonds is 5. The first-order valence-electron chi connectivity index (χ1n) is 7.65. The maximum Gasteiger partial charge on any atom is 0.416 e. The summed E-state index contributed by atoms with van der Waals surface area (Å²) in [4.78, 5) is 13.8. The Morgan fingerprint density at radius 1 is 1.04 bits per heavy atom. The average molecular weight is 348 g/mol. The van der Waals surface area contributed by atoms with Gasteiger partial charge in [-0.1, -0.05) is 24.3 Å². The Morgan fingerprint density at radius 2 is 1.64 bits per heavy atom. The van der Waals surface area contributed by atoms with Gasteiger partial charge in [-0.3, -0.25) is 4.79 Å². The van der Waals surface area contributed by atoms with Crippen molar-refractivity contribution in [3.05, 3.63) is 71.3 Å². The van der Waals surface area contributed by atoms with Crippen LogP contribution in [-0.4, -0.2) is 20.0 Å². The molecule has 3 nitrogen and oxygen atoms in total. The molecule has 2 rings (SSSR count). The number of hydrogen-bond acceptors (Lipinski definition) is 2. The maximum absolute atomic E-state index is 12.5. The topological polar surface area (TPSA) is 32.3 Å². The van der Waals surface area contributed by atoms with Crippen LogP contribution in [0.2, 0.25) is 0 Å². The zero-order valence-electron chi connectivity index (χ0n) is 14.0. The fourth-order valence-electron chi connectivity index (χ4n) is 2.12. The molecule has 25 heavy (non-hydrogen) atoms. The average Bonchev–Trinajstić information content (AvgIpc) is 2.58. The first kappa shape index (κ1) is 18.6. The normalized spacial score (nSPS) is 11.6. The molecule has 6 heteroatoms. The van der Waals surface area contributed by atoms with Crippen molar-refractivity contribution in [3.63, 3.8) is 0 Å². The second-order valence-corrected chi connectivity index (χ2v) is 5.73. The van der Waals surface area contributed by atoms with Crippen LogP contribution in [0, 0.1) is 0 Å². The molecule has 2 aromatic carbocycles. The molecule has 0 radical (unpaired) electrons. The van der Waals surface area contributed by atoms with E-state index in [2.05, 4.69) is 5.32 Å². The van der Waals surface area contributed by atoms with Gasteiger partial charge in [0.05, 0.1) is 5.56 Å². The number of benzene rings is 2. The Balaban J connectivity index is 1.88. The van der Waals surface area contributed by atoms with Crippen molar-refractivity contribution < 1.29 is 18.0 Å². The Labute approximate surface area is 144 Å². The van der Waals surface area contributed by atoms with Gasteiger partial charge in [-0.25, -0.2) is 0 Å². The van der Waals surface area contributed by atoms with E-state index in [9.17, 15) is 18.0 Å². The van der Waals surface area contributed by atoms with Crippen LogP contribution in [0.25, 0.3) is 6.08 Å². The van der Waals surface area contributed by atoms with Gasteiger partial charge in [0.25, 0.3) is 0 Å². The highest BCUT2D eigenvalue weighted by Gasteiger charge is 2.29. The molecule has 0 saturated heterocycles. The van der Waals surface area contributed by atoms with Gasteiger partial charge in [0.2, 0.25) is 5.91 Å². The molecule has 0 fully saturated rings. The standard InChI is InChI=1S/C19H19F3N2O/c1-24(2)17-10-5-15(6-11-17)13-23-18(25)12-7-14-3-8-16(9-4-14)19(20,21)22/h3-12H,13H2,1-2H3,(H,23,25)/b12-7+. The van der Waals surface area contributed by atoms with Crippen LogP contribution in [0.3, 0.4) is 0 Å². The lowest BCUT2D eigenvalue weighted by Crippen LogP contribution is -2.20. The second-order valence-electron chi connectivity index (χ2n) is 5.73. The monoisotopic (exact) mass is 348 g/mol. The Morgan fingerprint density at radius 3 is 2.16 bits per heavy atom. The molecule has 132 valence electrons. The van der Waals surface area contributed by atoms with Gasteiger partial charge in [0.1, 0.15) is 0 Å². The largest absolute Gasteiger partial charge is 0.416 e. The zero-order chi connectivity index (χ0) is 18.4. The van der Waals surface area contributed by atoms with E-state index >= 15 is 0 Å². The van der Waals surface area contributed by atoms with Crippen LogP contribution in [0.4, 0.5) is 18.9 Å². The summed E-state index contributed by atoms with van der Waals surface area (Å²) in [7, 11) is 3.89. The van der Waals surface area contributed by atoms with Crippen molar-refractivity contribution >= 4 is 17.7 Å². The Hall–Kier alpha value is -2.76. The number of nitrogens with zero attached hydrogens (tertiary/aromatic N) is 1. The van der Waals surface area contributed by atoms with Crippen molar-refractivity contribution in [2.75, 3.05) is 19.0 Å². The van der Waals surface area contributed by atoms with E-state index in [4.69, 9.17) is 0 Å². The first-order chi connectivity index (χ1) is 11.8. The van der Waals surface area contributed by atoms with Crippen LogP contribution in [-0.2, 0) is 17.5 Å². The molecule has 0 aliphatic rings. The summed E-state index contributed by atoms with van der Waals surface area (Å²) in [5.74, 6) is -0.309. The van der Waals surface area contributed by atoms with E-state index < -0.39 is 11.7 Å². The van der Waals surface area contributed by atoms with Gasteiger partial charge in [-0.15, -0.1) is 0 Å². The summed E-state index contributed by atoms with van der Waals surface area (Å²) in [6.07, 6.45) is -1.58. The van der Waals surface area contributed by atoms with Crippen LogP contribution < -0.4 is 10.2 Å². The van der Waals surface area contributed by atoms with Gasteiger partial charge < -0.3 is 10.2 Å². The quantitative estimate of drug-likeness (QED) is 0.825. The number of carbonyl (C=O) groups is 1. The predicted molar refractivity (Wildman–Crippen MR) is 93.1 cm³/mol.